The van der Waals surface area contributed by atoms with E-state index in [9.17, 15) is 4.79 Å². The van der Waals surface area contributed by atoms with Crippen molar-refractivity contribution in [2.24, 2.45) is 0 Å². The van der Waals surface area contributed by atoms with Crippen LogP contribution in [0, 0.1) is 0 Å². The third-order valence-corrected chi connectivity index (χ3v) is 4.61. The minimum absolute atomic E-state index is 0.0219. The third-order valence-electron chi connectivity index (χ3n) is 4.61. The molecular formula is C21H26BN3O4. The summed E-state index contributed by atoms with van der Waals surface area (Å²) in [6.07, 6.45) is 6.81. The molecule has 0 amide bonds. The quantitative estimate of drug-likeness (QED) is 0.502. The van der Waals surface area contributed by atoms with Crippen LogP contribution in [0.4, 0.5) is 10.6 Å². The molecule has 1 aliphatic heterocycles. The summed E-state index contributed by atoms with van der Waals surface area (Å²) in [5, 5.41) is 0. The summed E-state index contributed by atoms with van der Waals surface area (Å²) in [6, 6.07) is 11.8. The predicted molar refractivity (Wildman–Crippen MR) is 114 cm³/mol. The molecule has 0 aliphatic carbocycles. The van der Waals surface area contributed by atoms with Crippen molar-refractivity contribution in [3.05, 3.63) is 54.0 Å². The molecule has 3 rings (SSSR count). The largest absolute Gasteiger partial charge is 0.508 e. The number of aromatic nitrogens is 2. The SMILES string of the molecule is BC1CCC(COC(=O)OCCN(C)c2cccc(/C=C/c3ccccn3)n2)O1. The van der Waals surface area contributed by atoms with E-state index in [0.29, 0.717) is 6.54 Å². The van der Waals surface area contributed by atoms with E-state index in [1.165, 1.54) is 0 Å². The van der Waals surface area contributed by atoms with E-state index < -0.39 is 6.16 Å². The van der Waals surface area contributed by atoms with E-state index in [-0.39, 0.29) is 25.3 Å². The first-order valence-corrected chi connectivity index (χ1v) is 9.82. The van der Waals surface area contributed by atoms with Gasteiger partial charge < -0.3 is 19.1 Å². The van der Waals surface area contributed by atoms with Crippen molar-refractivity contribution in [2.75, 3.05) is 31.7 Å². The van der Waals surface area contributed by atoms with Crippen molar-refractivity contribution in [3.8, 4) is 0 Å². The maximum absolute atomic E-state index is 11.7. The second kappa shape index (κ2) is 10.6. The number of nitrogens with zero attached hydrogens (tertiary/aromatic N) is 3. The first kappa shape index (κ1) is 20.9. The van der Waals surface area contributed by atoms with Crippen LogP contribution in [-0.4, -0.2) is 62.9 Å². The molecule has 1 fully saturated rings. The molecule has 2 aromatic rings. The van der Waals surface area contributed by atoms with E-state index in [4.69, 9.17) is 14.2 Å². The highest BCUT2D eigenvalue weighted by Gasteiger charge is 2.23. The minimum atomic E-state index is -0.665. The van der Waals surface area contributed by atoms with Crippen LogP contribution in [0.15, 0.2) is 42.6 Å². The summed E-state index contributed by atoms with van der Waals surface area (Å²) in [4.78, 5) is 22.5. The van der Waals surface area contributed by atoms with E-state index in [0.717, 1.165) is 30.0 Å². The van der Waals surface area contributed by atoms with Gasteiger partial charge in [-0.1, -0.05) is 12.1 Å². The lowest BCUT2D eigenvalue weighted by Gasteiger charge is -2.18. The average Bonchev–Trinajstić information content (AvgIpc) is 3.17. The number of carbonyl (C=O) groups excluding carboxylic acids is 1. The summed E-state index contributed by atoms with van der Waals surface area (Å²) >= 11 is 0. The summed E-state index contributed by atoms with van der Waals surface area (Å²) in [6.45, 7) is 0.963. The van der Waals surface area contributed by atoms with Crippen LogP contribution in [0.3, 0.4) is 0 Å². The van der Waals surface area contributed by atoms with Crippen molar-refractivity contribution >= 4 is 32.0 Å². The van der Waals surface area contributed by atoms with Crippen molar-refractivity contribution in [1.82, 2.24) is 9.97 Å². The van der Waals surface area contributed by atoms with Gasteiger partial charge >= 0.3 is 6.16 Å². The van der Waals surface area contributed by atoms with Gasteiger partial charge in [-0.05, 0) is 49.3 Å². The summed E-state index contributed by atoms with van der Waals surface area (Å²) < 4.78 is 15.9. The van der Waals surface area contributed by atoms with Crippen molar-refractivity contribution in [3.63, 3.8) is 0 Å². The Labute approximate surface area is 172 Å². The van der Waals surface area contributed by atoms with Gasteiger partial charge in [0, 0.05) is 19.2 Å². The number of likely N-dealkylation sites (N-methyl/N-ethyl adjacent to an activating group) is 1. The Morgan fingerprint density at radius 2 is 2.03 bits per heavy atom. The maximum atomic E-state index is 11.7. The summed E-state index contributed by atoms with van der Waals surface area (Å²) in [7, 11) is 3.92. The minimum Gasteiger partial charge on any atom is -0.432 e. The Hall–Kier alpha value is -2.87. The third kappa shape index (κ3) is 6.91. The highest BCUT2D eigenvalue weighted by atomic mass is 16.7. The van der Waals surface area contributed by atoms with Crippen molar-refractivity contribution < 1.29 is 19.0 Å². The monoisotopic (exact) mass is 395 g/mol. The lowest BCUT2D eigenvalue weighted by Crippen LogP contribution is -2.26. The molecule has 2 aromatic heterocycles. The van der Waals surface area contributed by atoms with Crippen LogP contribution in [0.5, 0.6) is 0 Å². The van der Waals surface area contributed by atoms with Gasteiger partial charge in [0.2, 0.25) is 0 Å². The molecule has 0 radical (unpaired) electrons. The number of carbonyl (C=O) groups is 1. The van der Waals surface area contributed by atoms with Crippen LogP contribution in [0.2, 0.25) is 0 Å². The van der Waals surface area contributed by atoms with Gasteiger partial charge in [0.05, 0.1) is 24.0 Å². The summed E-state index contributed by atoms with van der Waals surface area (Å²) in [5.74, 6) is 0.790. The van der Waals surface area contributed by atoms with E-state index >= 15 is 0 Å². The fraction of sp³-hybridized carbons (Fsp3) is 0.381. The molecule has 2 unspecified atom stereocenters. The molecule has 8 heteroatoms. The van der Waals surface area contributed by atoms with Gasteiger partial charge in [-0.2, -0.15) is 0 Å². The molecule has 0 spiro atoms. The standard InChI is InChI=1S/C21H26BN3O4/c1-25(13-14-27-21(26)28-15-18-10-11-19(22)29-18)20-7-4-6-17(24-20)9-8-16-5-2-3-12-23-16/h2-9,12,18-19H,10-11,13-15,22H2,1H3/b9-8+. The highest BCUT2D eigenvalue weighted by Crippen LogP contribution is 2.17. The number of anilines is 1. The van der Waals surface area contributed by atoms with E-state index in [1.54, 1.807) is 6.20 Å². The Morgan fingerprint density at radius 1 is 1.21 bits per heavy atom. The van der Waals surface area contributed by atoms with Gasteiger partial charge in [0.25, 0.3) is 0 Å². The Bertz CT molecular complexity index is 819. The van der Waals surface area contributed by atoms with Gasteiger partial charge in [0.15, 0.2) is 0 Å². The zero-order valence-corrected chi connectivity index (χ0v) is 16.9. The number of hydrogen-bond acceptors (Lipinski definition) is 7. The molecule has 152 valence electrons. The predicted octanol–water partition coefficient (Wildman–Crippen LogP) is 2.37. The molecule has 1 aliphatic rings. The van der Waals surface area contributed by atoms with E-state index in [2.05, 4.69) is 9.97 Å². The topological polar surface area (TPSA) is 73.8 Å². The van der Waals surface area contributed by atoms with Gasteiger partial charge in [-0.3, -0.25) is 4.98 Å². The van der Waals surface area contributed by atoms with Crippen molar-refractivity contribution in [2.45, 2.75) is 24.9 Å². The second-order valence-electron chi connectivity index (χ2n) is 6.99. The molecule has 7 nitrogen and oxygen atoms in total. The van der Waals surface area contributed by atoms with Crippen molar-refractivity contribution in [1.29, 1.82) is 0 Å². The molecule has 1 saturated heterocycles. The number of ether oxygens (including phenoxy) is 3. The molecule has 0 N–H and O–H groups in total. The molecule has 3 heterocycles. The number of hydrogen-bond donors (Lipinski definition) is 0. The van der Waals surface area contributed by atoms with Gasteiger partial charge in [-0.25, -0.2) is 9.78 Å². The average molecular weight is 395 g/mol. The molecule has 0 saturated carbocycles. The zero-order chi connectivity index (χ0) is 20.5. The van der Waals surface area contributed by atoms with Crippen LogP contribution >= 0.6 is 0 Å². The first-order valence-electron chi connectivity index (χ1n) is 9.82. The van der Waals surface area contributed by atoms with E-state index in [1.807, 2.05) is 68.3 Å². The molecule has 0 bridgehead atoms. The molecule has 2 atom stereocenters. The lowest BCUT2D eigenvalue weighted by molar-refractivity contribution is 0.00210. The van der Waals surface area contributed by atoms with Gasteiger partial charge in [-0.15, -0.1) is 0 Å². The normalized spacial score (nSPS) is 18.7. The second-order valence-corrected chi connectivity index (χ2v) is 6.99. The smallest absolute Gasteiger partial charge is 0.432 e. The number of rotatable bonds is 8. The summed E-state index contributed by atoms with van der Waals surface area (Å²) in [5.41, 5.74) is 1.70. The number of pyridine rings is 2. The fourth-order valence-corrected chi connectivity index (χ4v) is 2.98. The van der Waals surface area contributed by atoms with Crippen LogP contribution < -0.4 is 4.90 Å². The fourth-order valence-electron chi connectivity index (χ4n) is 2.98. The zero-order valence-electron chi connectivity index (χ0n) is 16.9. The highest BCUT2D eigenvalue weighted by molar-refractivity contribution is 6.11. The molecular weight excluding hydrogens is 369 g/mol. The molecule has 0 aromatic carbocycles. The lowest BCUT2D eigenvalue weighted by atomic mass is 9.97. The maximum Gasteiger partial charge on any atom is 0.508 e. The Morgan fingerprint density at radius 3 is 2.79 bits per heavy atom. The molecule has 29 heavy (non-hydrogen) atoms. The Balaban J connectivity index is 1.41. The first-order chi connectivity index (χ1) is 14.1. The van der Waals surface area contributed by atoms with Crippen LogP contribution in [0.1, 0.15) is 24.2 Å². The van der Waals surface area contributed by atoms with Crippen LogP contribution in [-0.2, 0) is 14.2 Å². The van der Waals surface area contributed by atoms with Crippen LogP contribution in [0.25, 0.3) is 12.2 Å². The Kier molecular flexibility index (Phi) is 7.64. The van der Waals surface area contributed by atoms with Gasteiger partial charge in [0.1, 0.15) is 26.9 Å².